The van der Waals surface area contributed by atoms with E-state index in [1.54, 1.807) is 18.5 Å². The average Bonchev–Trinajstić information content (AvgIpc) is 3.35. The second kappa shape index (κ2) is 7.80. The van der Waals surface area contributed by atoms with E-state index in [9.17, 15) is 8.78 Å². The lowest BCUT2D eigenvalue weighted by Gasteiger charge is -2.04. The number of nitrogens with zero attached hydrogens (tertiary/aromatic N) is 7. The summed E-state index contributed by atoms with van der Waals surface area (Å²) in [4.78, 5) is 12.5. The topological polar surface area (TPSA) is 95.4 Å². The molecule has 142 valence electrons. The fraction of sp³-hybridized carbons (Fsp3) is 0.176. The molecule has 0 fully saturated rings. The molecule has 1 aromatic carbocycles. The van der Waals surface area contributed by atoms with E-state index in [-0.39, 0.29) is 23.0 Å². The lowest BCUT2D eigenvalue weighted by atomic mass is 10.2. The maximum atomic E-state index is 13.9. The third-order valence-electron chi connectivity index (χ3n) is 3.76. The van der Waals surface area contributed by atoms with Crippen molar-refractivity contribution in [3.8, 4) is 23.0 Å². The van der Waals surface area contributed by atoms with Crippen molar-refractivity contribution < 1.29 is 13.3 Å². The molecule has 0 unspecified atom stereocenters. The smallest absolute Gasteiger partial charge is 0.237 e. The highest BCUT2D eigenvalue weighted by Gasteiger charge is 2.18. The fourth-order valence-electron chi connectivity index (χ4n) is 2.48. The summed E-state index contributed by atoms with van der Waals surface area (Å²) < 4.78 is 34.2. The number of benzene rings is 1. The molecular formula is C17H13F2N7OS. The maximum absolute atomic E-state index is 13.9. The van der Waals surface area contributed by atoms with Gasteiger partial charge in [-0.15, -0.1) is 10.2 Å². The highest BCUT2D eigenvalue weighted by molar-refractivity contribution is 7.98. The van der Waals surface area contributed by atoms with E-state index in [1.165, 1.54) is 11.8 Å². The summed E-state index contributed by atoms with van der Waals surface area (Å²) in [5.41, 5.74) is -0.0553. The third-order valence-corrected chi connectivity index (χ3v) is 4.71. The first-order valence-corrected chi connectivity index (χ1v) is 9.25. The van der Waals surface area contributed by atoms with Gasteiger partial charge < -0.3 is 4.52 Å². The van der Waals surface area contributed by atoms with Crippen molar-refractivity contribution in [1.29, 1.82) is 0 Å². The van der Waals surface area contributed by atoms with Gasteiger partial charge in [-0.2, -0.15) is 4.98 Å². The maximum Gasteiger partial charge on any atom is 0.237 e. The highest BCUT2D eigenvalue weighted by atomic mass is 32.2. The number of halogens is 2. The van der Waals surface area contributed by atoms with Crippen LogP contribution < -0.4 is 0 Å². The zero-order valence-corrected chi connectivity index (χ0v) is 15.4. The molecule has 0 spiro atoms. The van der Waals surface area contributed by atoms with Gasteiger partial charge in [-0.25, -0.2) is 18.7 Å². The van der Waals surface area contributed by atoms with Gasteiger partial charge in [-0.3, -0.25) is 4.57 Å². The van der Waals surface area contributed by atoms with Gasteiger partial charge >= 0.3 is 0 Å². The number of hydrogen-bond acceptors (Lipinski definition) is 8. The number of hydrogen-bond donors (Lipinski definition) is 0. The van der Waals surface area contributed by atoms with Gasteiger partial charge in [0.2, 0.25) is 17.5 Å². The molecule has 0 radical (unpaired) electrons. The Kier molecular flexibility index (Phi) is 5.06. The molecule has 4 rings (SSSR count). The quantitative estimate of drug-likeness (QED) is 0.454. The van der Waals surface area contributed by atoms with E-state index >= 15 is 0 Å². The van der Waals surface area contributed by atoms with E-state index < -0.39 is 11.6 Å². The molecule has 0 aliphatic carbocycles. The molecule has 0 atom stereocenters. The van der Waals surface area contributed by atoms with Crippen LogP contribution in [-0.4, -0.2) is 34.9 Å². The fourth-order valence-corrected chi connectivity index (χ4v) is 3.32. The van der Waals surface area contributed by atoms with Crippen molar-refractivity contribution in [2.45, 2.75) is 24.4 Å². The average molecular weight is 401 g/mol. The van der Waals surface area contributed by atoms with Crippen molar-refractivity contribution in [3.05, 3.63) is 54.2 Å². The Balaban J connectivity index is 1.52. The van der Waals surface area contributed by atoms with Crippen LogP contribution in [0.15, 0.2) is 46.3 Å². The lowest BCUT2D eigenvalue weighted by Crippen LogP contribution is -2.02. The van der Waals surface area contributed by atoms with Crippen molar-refractivity contribution >= 4 is 11.8 Å². The zero-order chi connectivity index (χ0) is 19.5. The van der Waals surface area contributed by atoms with Crippen molar-refractivity contribution in [1.82, 2.24) is 34.9 Å². The Morgan fingerprint density at radius 2 is 1.93 bits per heavy atom. The molecule has 11 heteroatoms. The molecule has 4 aromatic rings. The van der Waals surface area contributed by atoms with Crippen molar-refractivity contribution in [3.63, 3.8) is 0 Å². The van der Waals surface area contributed by atoms with Crippen LogP contribution in [0.5, 0.6) is 0 Å². The molecule has 3 heterocycles. The Morgan fingerprint density at radius 1 is 1.11 bits per heavy atom. The zero-order valence-electron chi connectivity index (χ0n) is 14.6. The van der Waals surface area contributed by atoms with Crippen LogP contribution in [0.3, 0.4) is 0 Å². The molecule has 0 saturated carbocycles. The largest absolute Gasteiger partial charge is 0.338 e. The van der Waals surface area contributed by atoms with Gasteiger partial charge in [0.15, 0.2) is 11.0 Å². The first-order chi connectivity index (χ1) is 13.7. The second-order valence-electron chi connectivity index (χ2n) is 5.55. The van der Waals surface area contributed by atoms with E-state index in [1.807, 2.05) is 11.5 Å². The van der Waals surface area contributed by atoms with E-state index in [0.717, 1.165) is 18.2 Å². The standard InChI is InChI=1S/C17H13F2N7OS/c1-2-26-16(15-20-6-3-7-21-15)23-24-17(26)28-9-13-22-14(25-27-13)11-8-10(18)4-5-12(11)19/h3-8H,2,9H2,1H3. The second-order valence-corrected chi connectivity index (χ2v) is 6.49. The molecule has 0 saturated heterocycles. The van der Waals surface area contributed by atoms with Crippen LogP contribution in [-0.2, 0) is 12.3 Å². The predicted molar refractivity (Wildman–Crippen MR) is 95.9 cm³/mol. The normalized spacial score (nSPS) is 11.1. The van der Waals surface area contributed by atoms with Crippen LogP contribution in [0.1, 0.15) is 12.8 Å². The highest BCUT2D eigenvalue weighted by Crippen LogP contribution is 2.26. The van der Waals surface area contributed by atoms with E-state index in [4.69, 9.17) is 4.52 Å². The Hall–Kier alpha value is -3.21. The molecule has 0 aliphatic rings. The lowest BCUT2D eigenvalue weighted by molar-refractivity contribution is 0.391. The van der Waals surface area contributed by atoms with Gasteiger partial charge in [-0.1, -0.05) is 16.9 Å². The predicted octanol–water partition coefficient (Wildman–Crippen LogP) is 3.38. The van der Waals surface area contributed by atoms with E-state index in [2.05, 4.69) is 30.3 Å². The molecule has 0 bridgehead atoms. The number of thioether (sulfide) groups is 1. The van der Waals surface area contributed by atoms with Crippen LogP contribution in [0.4, 0.5) is 8.78 Å². The molecular weight excluding hydrogens is 388 g/mol. The van der Waals surface area contributed by atoms with Crippen LogP contribution in [0.25, 0.3) is 23.0 Å². The first kappa shape index (κ1) is 18.2. The molecule has 3 aromatic heterocycles. The molecule has 8 nitrogen and oxygen atoms in total. The minimum absolute atomic E-state index is 0.0112. The minimum atomic E-state index is -0.625. The minimum Gasteiger partial charge on any atom is -0.338 e. The van der Waals surface area contributed by atoms with E-state index in [0.29, 0.717) is 23.4 Å². The first-order valence-electron chi connectivity index (χ1n) is 8.27. The van der Waals surface area contributed by atoms with Gasteiger partial charge in [0, 0.05) is 18.9 Å². The van der Waals surface area contributed by atoms with Gasteiger partial charge in [0.05, 0.1) is 11.3 Å². The van der Waals surface area contributed by atoms with Crippen LogP contribution >= 0.6 is 11.8 Å². The Bertz CT molecular complexity index is 1100. The summed E-state index contributed by atoms with van der Waals surface area (Å²) in [7, 11) is 0. The molecule has 0 N–H and O–H groups in total. The summed E-state index contributed by atoms with van der Waals surface area (Å²) in [6.07, 6.45) is 3.27. The van der Waals surface area contributed by atoms with Gasteiger partial charge in [0.25, 0.3) is 0 Å². The van der Waals surface area contributed by atoms with Crippen LogP contribution in [0.2, 0.25) is 0 Å². The van der Waals surface area contributed by atoms with Gasteiger partial charge in [-0.05, 0) is 31.2 Å². The summed E-state index contributed by atoms with van der Waals surface area (Å²) in [5.74, 6) is 0.361. The van der Waals surface area contributed by atoms with Crippen LogP contribution in [0, 0.1) is 11.6 Å². The monoisotopic (exact) mass is 401 g/mol. The Morgan fingerprint density at radius 3 is 2.71 bits per heavy atom. The SMILES string of the molecule is CCn1c(SCc2nc(-c3cc(F)ccc3F)no2)nnc1-c1ncccn1. The summed E-state index contributed by atoms with van der Waals surface area (Å²) in [6, 6.07) is 4.80. The van der Waals surface area contributed by atoms with Gasteiger partial charge in [0.1, 0.15) is 11.6 Å². The van der Waals surface area contributed by atoms with Crippen molar-refractivity contribution in [2.75, 3.05) is 0 Å². The molecule has 28 heavy (non-hydrogen) atoms. The third kappa shape index (κ3) is 3.60. The summed E-state index contributed by atoms with van der Waals surface area (Å²) in [6.45, 7) is 2.57. The summed E-state index contributed by atoms with van der Waals surface area (Å²) >= 11 is 1.33. The van der Waals surface area contributed by atoms with Crippen molar-refractivity contribution in [2.24, 2.45) is 0 Å². The molecule has 0 amide bonds. The number of aromatic nitrogens is 7. The Labute approximate surface area is 162 Å². The number of rotatable bonds is 6. The molecule has 0 aliphatic heterocycles. The summed E-state index contributed by atoms with van der Waals surface area (Å²) in [5, 5.41) is 12.7.